The SMILES string of the molecule is COc1ccc(NC(=O)COc2ccc(Cl)c(C)c2)c2cccnc12. The van der Waals surface area contributed by atoms with Gasteiger partial charge < -0.3 is 14.8 Å². The highest BCUT2D eigenvalue weighted by molar-refractivity contribution is 6.31. The second kappa shape index (κ2) is 7.40. The fraction of sp³-hybridized carbons (Fsp3) is 0.158. The largest absolute Gasteiger partial charge is 0.494 e. The van der Waals surface area contributed by atoms with E-state index in [4.69, 9.17) is 21.1 Å². The smallest absolute Gasteiger partial charge is 0.262 e. The van der Waals surface area contributed by atoms with Gasteiger partial charge in [-0.3, -0.25) is 9.78 Å². The zero-order valence-electron chi connectivity index (χ0n) is 13.9. The lowest BCUT2D eigenvalue weighted by Gasteiger charge is -2.12. The number of ether oxygens (including phenoxy) is 2. The molecule has 0 spiro atoms. The van der Waals surface area contributed by atoms with Crippen molar-refractivity contribution in [2.45, 2.75) is 6.92 Å². The number of fused-ring (bicyclic) bond motifs is 1. The van der Waals surface area contributed by atoms with Gasteiger partial charge in [0.05, 0.1) is 12.8 Å². The number of halogens is 1. The second-order valence-corrected chi connectivity index (χ2v) is 5.87. The van der Waals surface area contributed by atoms with E-state index in [1.54, 1.807) is 43.6 Å². The maximum absolute atomic E-state index is 12.2. The standard InChI is InChI=1S/C19H17ClN2O3/c1-12-10-13(5-6-15(12)20)25-11-18(23)22-16-7-8-17(24-2)19-14(16)4-3-9-21-19/h3-10H,11H2,1-2H3,(H,22,23). The molecule has 0 saturated heterocycles. The zero-order chi connectivity index (χ0) is 17.8. The van der Waals surface area contributed by atoms with Crippen LogP contribution in [-0.2, 0) is 4.79 Å². The first-order valence-corrected chi connectivity index (χ1v) is 8.07. The number of carbonyl (C=O) groups excluding carboxylic acids is 1. The summed E-state index contributed by atoms with van der Waals surface area (Å²) < 4.78 is 10.8. The van der Waals surface area contributed by atoms with E-state index in [1.165, 1.54) is 0 Å². The summed E-state index contributed by atoms with van der Waals surface area (Å²) in [6, 6.07) is 12.5. The number of hydrogen-bond donors (Lipinski definition) is 1. The molecule has 0 saturated carbocycles. The topological polar surface area (TPSA) is 60.5 Å². The molecule has 1 aromatic heterocycles. The Morgan fingerprint density at radius 3 is 2.84 bits per heavy atom. The van der Waals surface area contributed by atoms with Crippen LogP contribution >= 0.6 is 11.6 Å². The molecule has 0 aliphatic heterocycles. The average Bonchev–Trinajstić information content (AvgIpc) is 2.63. The Morgan fingerprint density at radius 2 is 2.08 bits per heavy atom. The number of aryl methyl sites for hydroxylation is 1. The lowest BCUT2D eigenvalue weighted by atomic mass is 10.1. The molecule has 3 rings (SSSR count). The molecule has 0 atom stereocenters. The number of anilines is 1. The van der Waals surface area contributed by atoms with Gasteiger partial charge in [0, 0.05) is 16.6 Å². The van der Waals surface area contributed by atoms with Crippen LogP contribution in [0.4, 0.5) is 5.69 Å². The minimum Gasteiger partial charge on any atom is -0.494 e. The normalized spacial score (nSPS) is 10.5. The number of nitrogens with one attached hydrogen (secondary N) is 1. The van der Waals surface area contributed by atoms with E-state index in [0.717, 1.165) is 10.9 Å². The van der Waals surface area contributed by atoms with Gasteiger partial charge in [-0.15, -0.1) is 0 Å². The Bertz CT molecular complexity index is 928. The number of rotatable bonds is 5. The van der Waals surface area contributed by atoms with E-state index in [9.17, 15) is 4.79 Å². The molecule has 5 nitrogen and oxygen atoms in total. The van der Waals surface area contributed by atoms with Crippen LogP contribution in [0.1, 0.15) is 5.56 Å². The third kappa shape index (κ3) is 3.83. The zero-order valence-corrected chi connectivity index (χ0v) is 14.6. The highest BCUT2D eigenvalue weighted by Gasteiger charge is 2.10. The Labute approximate surface area is 150 Å². The minimum absolute atomic E-state index is 0.102. The molecule has 0 fully saturated rings. The van der Waals surface area contributed by atoms with Crippen LogP contribution in [-0.4, -0.2) is 24.6 Å². The molecule has 25 heavy (non-hydrogen) atoms. The number of benzene rings is 2. The molecular weight excluding hydrogens is 340 g/mol. The molecule has 0 aliphatic carbocycles. The van der Waals surface area contributed by atoms with Crippen LogP contribution in [0.25, 0.3) is 10.9 Å². The highest BCUT2D eigenvalue weighted by Crippen LogP contribution is 2.29. The lowest BCUT2D eigenvalue weighted by molar-refractivity contribution is -0.118. The molecule has 128 valence electrons. The van der Waals surface area contributed by atoms with Crippen molar-refractivity contribution in [1.82, 2.24) is 4.98 Å². The molecule has 0 aliphatic rings. The number of amides is 1. The fourth-order valence-electron chi connectivity index (χ4n) is 2.46. The summed E-state index contributed by atoms with van der Waals surface area (Å²) in [4.78, 5) is 16.5. The van der Waals surface area contributed by atoms with E-state index in [-0.39, 0.29) is 12.5 Å². The molecule has 1 heterocycles. The molecule has 6 heteroatoms. The van der Waals surface area contributed by atoms with Gasteiger partial charge in [0.2, 0.25) is 0 Å². The Kier molecular flexibility index (Phi) is 5.05. The van der Waals surface area contributed by atoms with Crippen molar-refractivity contribution in [3.63, 3.8) is 0 Å². The van der Waals surface area contributed by atoms with Gasteiger partial charge in [-0.1, -0.05) is 11.6 Å². The molecule has 2 aromatic carbocycles. The quantitative estimate of drug-likeness (QED) is 0.743. The number of nitrogens with zero attached hydrogens (tertiary/aromatic N) is 1. The first-order chi connectivity index (χ1) is 12.1. The third-order valence-corrected chi connectivity index (χ3v) is 4.15. The Hall–Kier alpha value is -2.79. The van der Waals surface area contributed by atoms with Crippen LogP contribution in [0.15, 0.2) is 48.7 Å². The number of hydrogen-bond acceptors (Lipinski definition) is 4. The van der Waals surface area contributed by atoms with Gasteiger partial charge in [0.15, 0.2) is 6.61 Å². The van der Waals surface area contributed by atoms with Crippen LogP contribution in [0.3, 0.4) is 0 Å². The van der Waals surface area contributed by atoms with E-state index >= 15 is 0 Å². The number of pyridine rings is 1. The monoisotopic (exact) mass is 356 g/mol. The van der Waals surface area contributed by atoms with Crippen LogP contribution in [0.2, 0.25) is 5.02 Å². The first kappa shape index (κ1) is 17.0. The number of carbonyl (C=O) groups is 1. The number of methoxy groups -OCH3 is 1. The highest BCUT2D eigenvalue weighted by atomic mass is 35.5. The predicted octanol–water partition coefficient (Wildman–Crippen LogP) is 4.22. The second-order valence-electron chi connectivity index (χ2n) is 5.46. The predicted molar refractivity (Wildman–Crippen MR) is 98.6 cm³/mol. The summed E-state index contributed by atoms with van der Waals surface area (Å²) in [6.07, 6.45) is 1.68. The molecule has 1 amide bonds. The van der Waals surface area contributed by atoms with Crippen molar-refractivity contribution < 1.29 is 14.3 Å². The summed E-state index contributed by atoms with van der Waals surface area (Å²) in [6.45, 7) is 1.78. The van der Waals surface area contributed by atoms with E-state index in [1.807, 2.05) is 19.1 Å². The van der Waals surface area contributed by atoms with Crippen molar-refractivity contribution in [2.75, 3.05) is 19.0 Å². The van der Waals surface area contributed by atoms with Gasteiger partial charge in [-0.2, -0.15) is 0 Å². The minimum atomic E-state index is -0.261. The van der Waals surface area contributed by atoms with Crippen molar-refractivity contribution >= 4 is 34.1 Å². The van der Waals surface area contributed by atoms with Gasteiger partial charge in [-0.25, -0.2) is 0 Å². The maximum Gasteiger partial charge on any atom is 0.262 e. The lowest BCUT2D eigenvalue weighted by Crippen LogP contribution is -2.20. The van der Waals surface area contributed by atoms with Gasteiger partial charge in [0.25, 0.3) is 5.91 Å². The Balaban J connectivity index is 1.73. The summed E-state index contributed by atoms with van der Waals surface area (Å²) in [7, 11) is 1.59. The van der Waals surface area contributed by atoms with Gasteiger partial charge in [-0.05, 0) is 55.0 Å². The summed E-state index contributed by atoms with van der Waals surface area (Å²) in [5, 5.41) is 4.31. The van der Waals surface area contributed by atoms with Crippen molar-refractivity contribution in [3.05, 3.63) is 59.2 Å². The van der Waals surface area contributed by atoms with Gasteiger partial charge in [0.1, 0.15) is 17.0 Å². The number of aromatic nitrogens is 1. The van der Waals surface area contributed by atoms with E-state index in [0.29, 0.717) is 27.7 Å². The van der Waals surface area contributed by atoms with Crippen molar-refractivity contribution in [1.29, 1.82) is 0 Å². The Morgan fingerprint density at radius 1 is 1.24 bits per heavy atom. The fourth-order valence-corrected chi connectivity index (χ4v) is 2.58. The summed E-state index contributed by atoms with van der Waals surface area (Å²) in [5.41, 5.74) is 2.24. The maximum atomic E-state index is 12.2. The molecule has 3 aromatic rings. The first-order valence-electron chi connectivity index (χ1n) is 7.69. The van der Waals surface area contributed by atoms with E-state index in [2.05, 4.69) is 10.3 Å². The van der Waals surface area contributed by atoms with Gasteiger partial charge >= 0.3 is 0 Å². The average molecular weight is 357 g/mol. The van der Waals surface area contributed by atoms with Crippen LogP contribution in [0.5, 0.6) is 11.5 Å². The van der Waals surface area contributed by atoms with Crippen molar-refractivity contribution in [2.24, 2.45) is 0 Å². The summed E-state index contributed by atoms with van der Waals surface area (Å²) in [5.74, 6) is 0.989. The molecule has 0 radical (unpaired) electrons. The van der Waals surface area contributed by atoms with Crippen LogP contribution in [0, 0.1) is 6.92 Å². The molecule has 1 N–H and O–H groups in total. The third-order valence-electron chi connectivity index (χ3n) is 3.73. The van der Waals surface area contributed by atoms with Crippen molar-refractivity contribution in [3.8, 4) is 11.5 Å². The molecular formula is C19H17ClN2O3. The van der Waals surface area contributed by atoms with E-state index < -0.39 is 0 Å². The van der Waals surface area contributed by atoms with Crippen LogP contribution < -0.4 is 14.8 Å². The molecule has 0 bridgehead atoms. The molecule has 0 unspecified atom stereocenters. The summed E-state index contributed by atoms with van der Waals surface area (Å²) >= 11 is 5.98.